The zero-order valence-electron chi connectivity index (χ0n) is 18.7. The summed E-state index contributed by atoms with van der Waals surface area (Å²) in [6.45, 7) is 2.72. The van der Waals surface area contributed by atoms with Crippen LogP contribution in [0.5, 0.6) is 0 Å². The number of hydrogen-bond acceptors (Lipinski definition) is 5. The van der Waals surface area contributed by atoms with Crippen LogP contribution in [0.15, 0.2) is 52.9 Å². The molecule has 0 spiro atoms. The van der Waals surface area contributed by atoms with Crippen LogP contribution in [0.4, 0.5) is 0 Å². The van der Waals surface area contributed by atoms with E-state index in [0.717, 1.165) is 43.4 Å². The van der Waals surface area contributed by atoms with E-state index in [2.05, 4.69) is 10.3 Å². The molecule has 2 aromatic carbocycles. The van der Waals surface area contributed by atoms with E-state index in [9.17, 15) is 9.59 Å². The first-order valence-corrected chi connectivity index (χ1v) is 11.8. The number of benzene rings is 2. The number of fused-ring (bicyclic) bond motifs is 1. The van der Waals surface area contributed by atoms with E-state index < -0.39 is 0 Å². The van der Waals surface area contributed by atoms with Crippen molar-refractivity contribution in [3.63, 3.8) is 0 Å². The normalized spacial score (nSPS) is 19.2. The van der Waals surface area contributed by atoms with Crippen LogP contribution in [0, 0.1) is 5.92 Å². The number of piperidine rings is 1. The van der Waals surface area contributed by atoms with Crippen LogP contribution in [0.25, 0.3) is 22.6 Å². The molecular weight excluding hydrogens is 418 g/mol. The fourth-order valence-electron chi connectivity index (χ4n) is 4.65. The second-order valence-corrected chi connectivity index (χ2v) is 8.95. The van der Waals surface area contributed by atoms with Crippen molar-refractivity contribution in [3.8, 4) is 11.5 Å². The number of carbonyl (C=O) groups is 2. The lowest BCUT2D eigenvalue weighted by Gasteiger charge is -2.32. The third-order valence-corrected chi connectivity index (χ3v) is 6.58. The first-order chi connectivity index (χ1) is 16.2. The molecule has 2 aliphatic heterocycles. The molecule has 5 rings (SSSR count). The molecule has 0 unspecified atom stereocenters. The van der Waals surface area contributed by atoms with Gasteiger partial charge in [-0.05, 0) is 61.9 Å². The predicted molar refractivity (Wildman–Crippen MR) is 125 cm³/mol. The second-order valence-electron chi connectivity index (χ2n) is 8.95. The zero-order chi connectivity index (χ0) is 22.6. The Balaban J connectivity index is 1.15. The van der Waals surface area contributed by atoms with E-state index in [-0.39, 0.29) is 17.9 Å². The molecule has 2 amide bonds. The molecule has 3 aromatic rings. The number of aromatic nitrogens is 1. The molecular formula is C26H29N3O4. The van der Waals surface area contributed by atoms with Crippen LogP contribution >= 0.6 is 0 Å². The fourth-order valence-corrected chi connectivity index (χ4v) is 4.65. The minimum atomic E-state index is -0.00385. The quantitative estimate of drug-likeness (QED) is 0.617. The van der Waals surface area contributed by atoms with Gasteiger partial charge in [0.1, 0.15) is 5.52 Å². The summed E-state index contributed by atoms with van der Waals surface area (Å²) >= 11 is 0. The lowest BCUT2D eigenvalue weighted by molar-refractivity contribution is -0.122. The van der Waals surface area contributed by atoms with Crippen molar-refractivity contribution >= 4 is 22.9 Å². The number of carbonyl (C=O) groups excluding carboxylic acids is 2. The summed E-state index contributed by atoms with van der Waals surface area (Å²) in [7, 11) is 0. The van der Waals surface area contributed by atoms with Crippen molar-refractivity contribution < 1.29 is 18.7 Å². The standard InChI is InChI=1S/C26H29N3O4/c30-24(27-17-21-7-4-14-32-21)15-18-10-12-29(13-11-18)26(31)20-8-9-22-23(16-20)33-25(28-22)19-5-2-1-3-6-19/h1-3,5-6,8-9,16,18,21H,4,7,10-15,17H2,(H,27,30)/t21-/m1/s1. The summed E-state index contributed by atoms with van der Waals surface area (Å²) in [4.78, 5) is 31.7. The van der Waals surface area contributed by atoms with Gasteiger partial charge in [-0.3, -0.25) is 9.59 Å². The number of nitrogens with one attached hydrogen (secondary N) is 1. The molecule has 0 saturated carbocycles. The first kappa shape index (κ1) is 21.6. The van der Waals surface area contributed by atoms with Gasteiger partial charge in [0, 0.05) is 43.8 Å². The molecule has 7 nitrogen and oxygen atoms in total. The number of amides is 2. The SMILES string of the molecule is O=C(CC1CCN(C(=O)c2ccc3nc(-c4ccccc4)oc3c2)CC1)NC[C@H]1CCCO1. The molecule has 1 aromatic heterocycles. The first-order valence-electron chi connectivity index (χ1n) is 11.8. The monoisotopic (exact) mass is 447 g/mol. The van der Waals surface area contributed by atoms with Gasteiger partial charge in [-0.15, -0.1) is 0 Å². The fraction of sp³-hybridized carbons (Fsp3) is 0.423. The number of likely N-dealkylation sites (tertiary alicyclic amines) is 1. The van der Waals surface area contributed by atoms with E-state index in [0.29, 0.717) is 49.0 Å². The predicted octanol–water partition coefficient (Wildman–Crippen LogP) is 4.03. The van der Waals surface area contributed by atoms with Crippen LogP contribution < -0.4 is 5.32 Å². The van der Waals surface area contributed by atoms with Crippen molar-refractivity contribution in [3.05, 3.63) is 54.1 Å². The molecule has 2 fully saturated rings. The van der Waals surface area contributed by atoms with Crippen LogP contribution in [-0.4, -0.2) is 54.0 Å². The molecule has 33 heavy (non-hydrogen) atoms. The molecule has 1 N–H and O–H groups in total. The van der Waals surface area contributed by atoms with Crippen molar-refractivity contribution in [1.82, 2.24) is 15.2 Å². The van der Waals surface area contributed by atoms with Gasteiger partial charge < -0.3 is 19.4 Å². The number of rotatable bonds is 6. The maximum atomic E-state index is 13.1. The highest BCUT2D eigenvalue weighted by Gasteiger charge is 2.26. The Hall–Kier alpha value is -3.19. The highest BCUT2D eigenvalue weighted by molar-refractivity contribution is 5.97. The van der Waals surface area contributed by atoms with Crippen LogP contribution in [0.3, 0.4) is 0 Å². The molecule has 0 radical (unpaired) electrons. The molecule has 3 heterocycles. The molecule has 1 atom stereocenters. The average Bonchev–Trinajstić information content (AvgIpc) is 3.53. The second kappa shape index (κ2) is 9.75. The highest BCUT2D eigenvalue weighted by atomic mass is 16.5. The highest BCUT2D eigenvalue weighted by Crippen LogP contribution is 2.26. The Morgan fingerprint density at radius 3 is 2.64 bits per heavy atom. The Bertz CT molecular complexity index is 1110. The zero-order valence-corrected chi connectivity index (χ0v) is 18.7. The van der Waals surface area contributed by atoms with E-state index in [1.54, 1.807) is 6.07 Å². The third kappa shape index (κ3) is 5.09. The van der Waals surface area contributed by atoms with Crippen molar-refractivity contribution in [1.29, 1.82) is 0 Å². The minimum absolute atomic E-state index is 0.00385. The van der Waals surface area contributed by atoms with Gasteiger partial charge in [-0.25, -0.2) is 4.98 Å². The van der Waals surface area contributed by atoms with Crippen molar-refractivity contribution in [2.45, 2.75) is 38.2 Å². The van der Waals surface area contributed by atoms with Crippen LogP contribution in [0.1, 0.15) is 42.5 Å². The van der Waals surface area contributed by atoms with Gasteiger partial charge in [0.25, 0.3) is 5.91 Å². The van der Waals surface area contributed by atoms with E-state index in [4.69, 9.17) is 9.15 Å². The summed E-state index contributed by atoms with van der Waals surface area (Å²) in [5.74, 6) is 0.939. The third-order valence-electron chi connectivity index (χ3n) is 6.58. The lowest BCUT2D eigenvalue weighted by Crippen LogP contribution is -2.40. The summed E-state index contributed by atoms with van der Waals surface area (Å²) in [5.41, 5.74) is 2.85. The van der Waals surface area contributed by atoms with E-state index in [1.165, 1.54) is 0 Å². The van der Waals surface area contributed by atoms with Crippen LogP contribution in [-0.2, 0) is 9.53 Å². The Kier molecular flexibility index (Phi) is 6.39. The Morgan fingerprint density at radius 1 is 1.06 bits per heavy atom. The Labute approximate surface area is 193 Å². The summed E-state index contributed by atoms with van der Waals surface area (Å²) in [6, 6.07) is 15.2. The maximum absolute atomic E-state index is 13.1. The largest absolute Gasteiger partial charge is 0.436 e. The maximum Gasteiger partial charge on any atom is 0.253 e. The average molecular weight is 448 g/mol. The number of hydrogen-bond donors (Lipinski definition) is 1. The van der Waals surface area contributed by atoms with Gasteiger partial charge in [-0.1, -0.05) is 18.2 Å². The lowest BCUT2D eigenvalue weighted by atomic mass is 9.93. The van der Waals surface area contributed by atoms with Gasteiger partial charge >= 0.3 is 0 Å². The Morgan fingerprint density at radius 2 is 1.88 bits per heavy atom. The van der Waals surface area contributed by atoms with Gasteiger partial charge in [-0.2, -0.15) is 0 Å². The van der Waals surface area contributed by atoms with Gasteiger partial charge in [0.15, 0.2) is 5.58 Å². The summed E-state index contributed by atoms with van der Waals surface area (Å²) in [6.07, 6.45) is 4.45. The van der Waals surface area contributed by atoms with Crippen molar-refractivity contribution in [2.75, 3.05) is 26.2 Å². The number of ether oxygens (including phenoxy) is 1. The molecule has 0 bridgehead atoms. The smallest absolute Gasteiger partial charge is 0.253 e. The molecule has 7 heteroatoms. The molecule has 172 valence electrons. The topological polar surface area (TPSA) is 84.7 Å². The molecule has 0 aliphatic carbocycles. The summed E-state index contributed by atoms with van der Waals surface area (Å²) < 4.78 is 11.5. The van der Waals surface area contributed by atoms with Gasteiger partial charge in [0.2, 0.25) is 11.8 Å². The number of nitrogens with zero attached hydrogens (tertiary/aromatic N) is 2. The minimum Gasteiger partial charge on any atom is -0.436 e. The van der Waals surface area contributed by atoms with E-state index in [1.807, 2.05) is 47.4 Å². The molecule has 2 saturated heterocycles. The van der Waals surface area contributed by atoms with Gasteiger partial charge in [0.05, 0.1) is 6.10 Å². The van der Waals surface area contributed by atoms with E-state index >= 15 is 0 Å². The van der Waals surface area contributed by atoms with Crippen molar-refractivity contribution in [2.24, 2.45) is 5.92 Å². The summed E-state index contributed by atoms with van der Waals surface area (Å²) in [5, 5.41) is 3.00. The van der Waals surface area contributed by atoms with Crippen LogP contribution in [0.2, 0.25) is 0 Å². The molecule has 2 aliphatic rings. The number of oxazole rings is 1.